The van der Waals surface area contributed by atoms with Crippen LogP contribution in [0.2, 0.25) is 0 Å². The second kappa shape index (κ2) is 7.42. The molecule has 0 saturated carbocycles. The number of nitrogens with zero attached hydrogens (tertiary/aromatic N) is 2. The number of aliphatic hydroxyl groups is 1. The summed E-state index contributed by atoms with van der Waals surface area (Å²) in [6.45, 7) is 2.48. The third-order valence-corrected chi connectivity index (χ3v) is 3.94. The van der Waals surface area contributed by atoms with Gasteiger partial charge in [-0.05, 0) is 11.5 Å². The van der Waals surface area contributed by atoms with E-state index in [0.717, 1.165) is 23.1 Å². The average Bonchev–Trinajstić information content (AvgIpc) is 2.60. The Morgan fingerprint density at radius 3 is 3.00 bits per heavy atom. The van der Waals surface area contributed by atoms with E-state index in [0.29, 0.717) is 19.7 Å². The lowest BCUT2D eigenvalue weighted by Gasteiger charge is -2.31. The Balaban J connectivity index is 1.56. The SMILES string of the molecule is N#CC1CN(CC(O)COc2cccc3ccccc23)CCO1. The monoisotopic (exact) mass is 312 g/mol. The maximum atomic E-state index is 10.2. The van der Waals surface area contributed by atoms with E-state index in [1.54, 1.807) is 0 Å². The molecule has 3 rings (SSSR count). The Labute approximate surface area is 135 Å². The highest BCUT2D eigenvalue weighted by atomic mass is 16.5. The smallest absolute Gasteiger partial charge is 0.156 e. The maximum absolute atomic E-state index is 10.2. The van der Waals surface area contributed by atoms with Gasteiger partial charge in [0.1, 0.15) is 18.5 Å². The van der Waals surface area contributed by atoms with Crippen molar-refractivity contribution < 1.29 is 14.6 Å². The van der Waals surface area contributed by atoms with Crippen LogP contribution in [0.1, 0.15) is 0 Å². The van der Waals surface area contributed by atoms with Crippen molar-refractivity contribution in [1.29, 1.82) is 5.26 Å². The van der Waals surface area contributed by atoms with E-state index in [4.69, 9.17) is 14.7 Å². The number of morpholine rings is 1. The quantitative estimate of drug-likeness (QED) is 0.912. The third-order valence-electron chi connectivity index (χ3n) is 3.94. The molecule has 2 atom stereocenters. The summed E-state index contributed by atoms with van der Waals surface area (Å²) in [6, 6.07) is 16.0. The van der Waals surface area contributed by atoms with Crippen molar-refractivity contribution in [2.24, 2.45) is 0 Å². The molecule has 1 saturated heterocycles. The number of ether oxygens (including phenoxy) is 2. The van der Waals surface area contributed by atoms with E-state index >= 15 is 0 Å². The van der Waals surface area contributed by atoms with E-state index in [-0.39, 0.29) is 6.61 Å². The molecule has 1 fully saturated rings. The predicted octanol–water partition coefficient (Wildman–Crippen LogP) is 1.80. The van der Waals surface area contributed by atoms with Crippen molar-refractivity contribution in [3.8, 4) is 11.8 Å². The number of aliphatic hydroxyl groups excluding tert-OH is 1. The van der Waals surface area contributed by atoms with Crippen LogP contribution in [0, 0.1) is 11.3 Å². The molecule has 0 spiro atoms. The summed E-state index contributed by atoms with van der Waals surface area (Å²) in [4.78, 5) is 2.04. The van der Waals surface area contributed by atoms with Crippen molar-refractivity contribution in [2.75, 3.05) is 32.8 Å². The van der Waals surface area contributed by atoms with Crippen molar-refractivity contribution in [2.45, 2.75) is 12.2 Å². The average molecular weight is 312 g/mol. The Bertz CT molecular complexity index is 693. The van der Waals surface area contributed by atoms with Gasteiger partial charge in [-0.25, -0.2) is 0 Å². The van der Waals surface area contributed by atoms with Crippen molar-refractivity contribution in [3.05, 3.63) is 42.5 Å². The molecule has 120 valence electrons. The molecule has 5 nitrogen and oxygen atoms in total. The van der Waals surface area contributed by atoms with Gasteiger partial charge < -0.3 is 14.6 Å². The molecular weight excluding hydrogens is 292 g/mol. The summed E-state index contributed by atoms with van der Waals surface area (Å²) in [6.07, 6.45) is -1.01. The van der Waals surface area contributed by atoms with Crippen LogP contribution in [0.25, 0.3) is 10.8 Å². The topological polar surface area (TPSA) is 65.7 Å². The molecule has 5 heteroatoms. The maximum Gasteiger partial charge on any atom is 0.156 e. The van der Waals surface area contributed by atoms with Gasteiger partial charge in [0.2, 0.25) is 0 Å². The van der Waals surface area contributed by atoms with Crippen LogP contribution >= 0.6 is 0 Å². The molecule has 1 N–H and O–H groups in total. The van der Waals surface area contributed by atoms with Crippen LogP contribution in [0.3, 0.4) is 0 Å². The normalized spacial score (nSPS) is 20.1. The number of rotatable bonds is 5. The number of fused-ring (bicyclic) bond motifs is 1. The molecule has 0 aromatic heterocycles. The van der Waals surface area contributed by atoms with Gasteiger partial charge in [0.05, 0.1) is 12.7 Å². The molecule has 0 amide bonds. The largest absolute Gasteiger partial charge is 0.490 e. The van der Waals surface area contributed by atoms with Crippen LogP contribution in [0.5, 0.6) is 5.75 Å². The predicted molar refractivity (Wildman–Crippen MR) is 87.2 cm³/mol. The summed E-state index contributed by atoms with van der Waals surface area (Å²) in [5.74, 6) is 0.777. The van der Waals surface area contributed by atoms with Gasteiger partial charge in [-0.3, -0.25) is 4.90 Å². The zero-order valence-electron chi connectivity index (χ0n) is 12.9. The van der Waals surface area contributed by atoms with Gasteiger partial charge in [0.15, 0.2) is 6.10 Å². The highest BCUT2D eigenvalue weighted by Crippen LogP contribution is 2.25. The number of benzene rings is 2. The first-order valence-corrected chi connectivity index (χ1v) is 7.78. The van der Waals surface area contributed by atoms with Crippen LogP contribution in [0.4, 0.5) is 0 Å². The summed E-state index contributed by atoms with van der Waals surface area (Å²) < 4.78 is 11.1. The van der Waals surface area contributed by atoms with Gasteiger partial charge in [0, 0.05) is 25.0 Å². The minimum Gasteiger partial charge on any atom is -0.490 e. The highest BCUT2D eigenvalue weighted by Gasteiger charge is 2.22. The van der Waals surface area contributed by atoms with Crippen LogP contribution in [-0.4, -0.2) is 55.1 Å². The molecule has 0 aliphatic carbocycles. The molecule has 1 aliphatic rings. The zero-order valence-corrected chi connectivity index (χ0v) is 12.9. The van der Waals surface area contributed by atoms with E-state index in [2.05, 4.69) is 6.07 Å². The van der Waals surface area contributed by atoms with Gasteiger partial charge in [-0.1, -0.05) is 36.4 Å². The third kappa shape index (κ3) is 3.99. The van der Waals surface area contributed by atoms with E-state index in [1.807, 2.05) is 47.4 Å². The minimum absolute atomic E-state index is 0.225. The fourth-order valence-electron chi connectivity index (χ4n) is 2.80. The van der Waals surface area contributed by atoms with Gasteiger partial charge in [-0.2, -0.15) is 5.26 Å². The molecule has 1 heterocycles. The standard InChI is InChI=1S/C18H20N2O3/c19-10-16-12-20(8-9-22-16)11-15(21)13-23-18-7-3-5-14-4-1-2-6-17(14)18/h1-7,15-16,21H,8-9,11-13H2. The zero-order chi connectivity index (χ0) is 16.1. The summed E-state index contributed by atoms with van der Waals surface area (Å²) in [7, 11) is 0. The molecule has 2 unspecified atom stereocenters. The number of hydrogen-bond acceptors (Lipinski definition) is 5. The lowest BCUT2D eigenvalue weighted by atomic mass is 10.1. The second-order valence-electron chi connectivity index (χ2n) is 5.69. The lowest BCUT2D eigenvalue weighted by Crippen LogP contribution is -2.46. The fourth-order valence-corrected chi connectivity index (χ4v) is 2.80. The second-order valence-corrected chi connectivity index (χ2v) is 5.69. The summed E-state index contributed by atoms with van der Waals surface area (Å²) in [5, 5.41) is 21.3. The first-order valence-electron chi connectivity index (χ1n) is 7.78. The van der Waals surface area contributed by atoms with E-state index in [9.17, 15) is 5.11 Å². The molecular formula is C18H20N2O3. The lowest BCUT2D eigenvalue weighted by molar-refractivity contribution is -0.0214. The molecule has 23 heavy (non-hydrogen) atoms. The molecule has 0 bridgehead atoms. The fraction of sp³-hybridized carbons (Fsp3) is 0.389. The van der Waals surface area contributed by atoms with Crippen molar-refractivity contribution in [1.82, 2.24) is 4.90 Å². The Kier molecular flexibility index (Phi) is 5.09. The highest BCUT2D eigenvalue weighted by molar-refractivity contribution is 5.88. The van der Waals surface area contributed by atoms with Gasteiger partial charge in [-0.15, -0.1) is 0 Å². The van der Waals surface area contributed by atoms with Gasteiger partial charge >= 0.3 is 0 Å². The minimum atomic E-state index is -0.605. The van der Waals surface area contributed by atoms with Crippen LogP contribution < -0.4 is 4.74 Å². The number of β-amino-alcohol motifs (C(OH)–C–C–N with tert-alkyl or cyclic N) is 1. The number of hydrogen-bond donors (Lipinski definition) is 1. The number of nitriles is 1. The van der Waals surface area contributed by atoms with Crippen molar-refractivity contribution >= 4 is 10.8 Å². The Hall–Kier alpha value is -2.13. The molecule has 2 aromatic carbocycles. The molecule has 2 aromatic rings. The van der Waals surface area contributed by atoms with Crippen molar-refractivity contribution in [3.63, 3.8) is 0 Å². The van der Waals surface area contributed by atoms with Crippen LogP contribution in [-0.2, 0) is 4.74 Å². The van der Waals surface area contributed by atoms with Crippen LogP contribution in [0.15, 0.2) is 42.5 Å². The molecule has 0 radical (unpaired) electrons. The van der Waals surface area contributed by atoms with E-state index < -0.39 is 12.2 Å². The Morgan fingerprint density at radius 1 is 1.30 bits per heavy atom. The van der Waals surface area contributed by atoms with E-state index in [1.165, 1.54) is 0 Å². The summed E-state index contributed by atoms with van der Waals surface area (Å²) >= 11 is 0. The Morgan fingerprint density at radius 2 is 2.13 bits per heavy atom. The summed E-state index contributed by atoms with van der Waals surface area (Å²) in [5.41, 5.74) is 0. The first-order chi connectivity index (χ1) is 11.3. The molecule has 1 aliphatic heterocycles. The first kappa shape index (κ1) is 15.8. The van der Waals surface area contributed by atoms with Gasteiger partial charge in [0.25, 0.3) is 0 Å².